The van der Waals surface area contributed by atoms with Gasteiger partial charge in [0.1, 0.15) is 0 Å². The summed E-state index contributed by atoms with van der Waals surface area (Å²) in [4.78, 5) is 10.9. The number of rotatable bonds is 5. The second kappa shape index (κ2) is 5.61. The average Bonchev–Trinajstić information content (AvgIpc) is 2.20. The van der Waals surface area contributed by atoms with Gasteiger partial charge in [0.15, 0.2) is 0 Å². The molecule has 4 heteroatoms. The normalized spacial score (nSPS) is 10.0. The molecule has 3 nitrogen and oxygen atoms in total. The number of carboxylic acid groups (broad SMARTS) is 1. The zero-order valence-corrected chi connectivity index (χ0v) is 9.34. The van der Waals surface area contributed by atoms with Crippen LogP contribution >= 0.6 is 11.6 Å². The van der Waals surface area contributed by atoms with Crippen LogP contribution in [0, 0.1) is 0 Å². The summed E-state index contributed by atoms with van der Waals surface area (Å²) in [5.41, 5.74) is 0.735. The molecule has 0 aromatic heterocycles. The summed E-state index contributed by atoms with van der Waals surface area (Å²) in [5, 5.41) is 12.4. The first-order valence-corrected chi connectivity index (χ1v) is 5.30. The van der Waals surface area contributed by atoms with Crippen molar-refractivity contribution < 1.29 is 9.90 Å². The van der Waals surface area contributed by atoms with Crippen molar-refractivity contribution in [2.45, 2.75) is 19.8 Å². The molecule has 2 N–H and O–H groups in total. The zero-order chi connectivity index (χ0) is 11.3. The number of nitrogens with one attached hydrogen (secondary N) is 1. The van der Waals surface area contributed by atoms with E-state index in [1.54, 1.807) is 18.2 Å². The molecule has 0 spiro atoms. The standard InChI is InChI=1S/C11H14ClNO2/c1-2-3-7-13-10-8(11(14)15)5-4-6-9(10)12/h4-6,13H,2-3,7H2,1H3,(H,14,15). The highest BCUT2D eigenvalue weighted by Crippen LogP contribution is 2.25. The van der Waals surface area contributed by atoms with Crippen molar-refractivity contribution in [3.63, 3.8) is 0 Å². The Morgan fingerprint density at radius 1 is 1.53 bits per heavy atom. The summed E-state index contributed by atoms with van der Waals surface area (Å²) in [7, 11) is 0. The van der Waals surface area contributed by atoms with E-state index in [1.165, 1.54) is 0 Å². The predicted molar refractivity (Wildman–Crippen MR) is 61.8 cm³/mol. The number of hydrogen-bond acceptors (Lipinski definition) is 2. The van der Waals surface area contributed by atoms with Crippen LogP contribution in [0.2, 0.25) is 5.02 Å². The predicted octanol–water partition coefficient (Wildman–Crippen LogP) is 3.25. The SMILES string of the molecule is CCCCNc1c(Cl)cccc1C(=O)O. The highest BCUT2D eigenvalue weighted by molar-refractivity contribution is 6.34. The van der Waals surface area contributed by atoms with Gasteiger partial charge in [0, 0.05) is 6.54 Å². The number of carboxylic acids is 1. The summed E-state index contributed by atoms with van der Waals surface area (Å²) in [6.45, 7) is 2.81. The summed E-state index contributed by atoms with van der Waals surface area (Å²) >= 11 is 5.93. The summed E-state index contributed by atoms with van der Waals surface area (Å²) in [5.74, 6) is -0.962. The average molecular weight is 228 g/mol. The fourth-order valence-corrected chi connectivity index (χ4v) is 1.51. The molecule has 0 atom stereocenters. The van der Waals surface area contributed by atoms with Gasteiger partial charge in [-0.2, -0.15) is 0 Å². The molecule has 0 fully saturated rings. The molecule has 0 aliphatic rings. The Kier molecular flexibility index (Phi) is 4.43. The van der Waals surface area contributed by atoms with E-state index in [1.807, 2.05) is 0 Å². The minimum Gasteiger partial charge on any atom is -0.478 e. The van der Waals surface area contributed by atoms with Crippen LogP contribution in [0.25, 0.3) is 0 Å². The lowest BCUT2D eigenvalue weighted by atomic mass is 10.1. The first kappa shape index (κ1) is 11.9. The third-order valence-corrected chi connectivity index (χ3v) is 2.39. The number of anilines is 1. The lowest BCUT2D eigenvalue weighted by Crippen LogP contribution is -2.07. The molecule has 1 aromatic carbocycles. The zero-order valence-electron chi connectivity index (χ0n) is 8.59. The minimum absolute atomic E-state index is 0.221. The van der Waals surface area contributed by atoms with Crippen molar-refractivity contribution in [3.8, 4) is 0 Å². The monoisotopic (exact) mass is 227 g/mol. The maximum absolute atomic E-state index is 10.9. The van der Waals surface area contributed by atoms with Crippen molar-refractivity contribution >= 4 is 23.3 Å². The van der Waals surface area contributed by atoms with Gasteiger partial charge in [0.2, 0.25) is 0 Å². The van der Waals surface area contributed by atoms with E-state index >= 15 is 0 Å². The smallest absolute Gasteiger partial charge is 0.337 e. The van der Waals surface area contributed by atoms with E-state index in [0.717, 1.165) is 19.4 Å². The number of para-hydroxylation sites is 1. The topological polar surface area (TPSA) is 49.3 Å². The van der Waals surface area contributed by atoms with Gasteiger partial charge >= 0.3 is 5.97 Å². The largest absolute Gasteiger partial charge is 0.478 e. The van der Waals surface area contributed by atoms with E-state index in [-0.39, 0.29) is 5.56 Å². The Labute approximate surface area is 94.1 Å². The van der Waals surface area contributed by atoms with Gasteiger partial charge in [0.25, 0.3) is 0 Å². The van der Waals surface area contributed by atoms with Crippen molar-refractivity contribution in [3.05, 3.63) is 28.8 Å². The van der Waals surface area contributed by atoms with Crippen LogP contribution < -0.4 is 5.32 Å². The highest BCUT2D eigenvalue weighted by atomic mass is 35.5. The van der Waals surface area contributed by atoms with Crippen LogP contribution in [0.1, 0.15) is 30.1 Å². The molecular weight excluding hydrogens is 214 g/mol. The molecule has 0 saturated carbocycles. The van der Waals surface area contributed by atoms with Gasteiger partial charge in [-0.05, 0) is 18.6 Å². The second-order valence-corrected chi connectivity index (χ2v) is 3.66. The number of carbonyl (C=O) groups is 1. The van der Waals surface area contributed by atoms with Gasteiger partial charge < -0.3 is 10.4 Å². The number of unbranched alkanes of at least 4 members (excludes halogenated alkanes) is 1. The summed E-state index contributed by atoms with van der Waals surface area (Å²) in [6, 6.07) is 4.86. The van der Waals surface area contributed by atoms with Crippen LogP contribution in [-0.4, -0.2) is 17.6 Å². The summed E-state index contributed by atoms with van der Waals surface area (Å²) in [6.07, 6.45) is 2.05. The molecule has 0 aliphatic heterocycles. The van der Waals surface area contributed by atoms with Crippen molar-refractivity contribution in [2.75, 3.05) is 11.9 Å². The van der Waals surface area contributed by atoms with Crippen LogP contribution in [0.5, 0.6) is 0 Å². The van der Waals surface area contributed by atoms with Crippen LogP contribution in [0.3, 0.4) is 0 Å². The molecule has 0 heterocycles. The number of halogens is 1. The van der Waals surface area contributed by atoms with Gasteiger partial charge in [-0.3, -0.25) is 0 Å². The van der Waals surface area contributed by atoms with E-state index in [9.17, 15) is 4.79 Å². The molecule has 1 rings (SSSR count). The molecular formula is C11H14ClNO2. The van der Waals surface area contributed by atoms with Crippen molar-refractivity contribution in [1.29, 1.82) is 0 Å². The molecule has 0 aliphatic carbocycles. The number of aromatic carboxylic acids is 1. The Morgan fingerprint density at radius 2 is 2.27 bits per heavy atom. The number of benzene rings is 1. The maximum atomic E-state index is 10.9. The van der Waals surface area contributed by atoms with Crippen molar-refractivity contribution in [1.82, 2.24) is 0 Å². The van der Waals surface area contributed by atoms with Crippen LogP contribution in [0.4, 0.5) is 5.69 Å². The van der Waals surface area contributed by atoms with Gasteiger partial charge in [-0.15, -0.1) is 0 Å². The van der Waals surface area contributed by atoms with Gasteiger partial charge in [-0.1, -0.05) is 31.0 Å². The Bertz CT molecular complexity index is 352. The molecule has 0 saturated heterocycles. The van der Waals surface area contributed by atoms with E-state index in [2.05, 4.69) is 12.2 Å². The molecule has 0 amide bonds. The summed E-state index contributed by atoms with van der Waals surface area (Å²) < 4.78 is 0. The Balaban J connectivity index is 2.87. The second-order valence-electron chi connectivity index (χ2n) is 3.25. The third-order valence-electron chi connectivity index (χ3n) is 2.08. The van der Waals surface area contributed by atoms with Gasteiger partial charge in [-0.25, -0.2) is 4.79 Å². The Hall–Kier alpha value is -1.22. The fourth-order valence-electron chi connectivity index (χ4n) is 1.27. The first-order chi connectivity index (χ1) is 7.16. The minimum atomic E-state index is -0.962. The van der Waals surface area contributed by atoms with E-state index in [4.69, 9.17) is 16.7 Å². The molecule has 0 radical (unpaired) electrons. The lowest BCUT2D eigenvalue weighted by Gasteiger charge is -2.10. The molecule has 15 heavy (non-hydrogen) atoms. The third kappa shape index (κ3) is 3.13. The molecule has 1 aromatic rings. The highest BCUT2D eigenvalue weighted by Gasteiger charge is 2.11. The van der Waals surface area contributed by atoms with Crippen molar-refractivity contribution in [2.24, 2.45) is 0 Å². The first-order valence-electron chi connectivity index (χ1n) is 4.92. The van der Waals surface area contributed by atoms with E-state index in [0.29, 0.717) is 10.7 Å². The fraction of sp³-hybridized carbons (Fsp3) is 0.364. The lowest BCUT2D eigenvalue weighted by molar-refractivity contribution is 0.0698. The van der Waals surface area contributed by atoms with Crippen LogP contribution in [-0.2, 0) is 0 Å². The molecule has 0 bridgehead atoms. The maximum Gasteiger partial charge on any atom is 0.337 e. The van der Waals surface area contributed by atoms with E-state index < -0.39 is 5.97 Å². The molecule has 82 valence electrons. The van der Waals surface area contributed by atoms with Crippen LogP contribution in [0.15, 0.2) is 18.2 Å². The quantitative estimate of drug-likeness (QED) is 0.760. The number of hydrogen-bond donors (Lipinski definition) is 2. The molecule has 0 unspecified atom stereocenters. The Morgan fingerprint density at radius 3 is 2.87 bits per heavy atom. The van der Waals surface area contributed by atoms with Gasteiger partial charge in [0.05, 0.1) is 16.3 Å².